The zero-order valence-corrected chi connectivity index (χ0v) is 11.0. The van der Waals surface area contributed by atoms with E-state index in [1.807, 2.05) is 10.8 Å². The van der Waals surface area contributed by atoms with Gasteiger partial charge in [-0.25, -0.2) is 4.98 Å². The summed E-state index contributed by atoms with van der Waals surface area (Å²) in [5.74, 6) is -0.230. The van der Waals surface area contributed by atoms with Crippen molar-refractivity contribution in [2.24, 2.45) is 0 Å². The quantitative estimate of drug-likeness (QED) is 0.814. The molecule has 0 aliphatic rings. The maximum Gasteiger partial charge on any atom is 0.271 e. The Hall–Kier alpha value is -1.95. The molecule has 100 valence electrons. The summed E-state index contributed by atoms with van der Waals surface area (Å²) in [4.78, 5) is 15.6. The maximum atomic E-state index is 11.7. The van der Waals surface area contributed by atoms with Crippen LogP contribution >= 0.6 is 11.6 Å². The molecule has 1 N–H and O–H groups in total. The van der Waals surface area contributed by atoms with E-state index in [4.69, 9.17) is 11.6 Å². The number of hydrogen-bond donors (Lipinski definition) is 1. The molecule has 0 radical (unpaired) electrons. The summed E-state index contributed by atoms with van der Waals surface area (Å²) in [5.41, 5.74) is 0.277. The van der Waals surface area contributed by atoms with Crippen LogP contribution in [0.2, 0.25) is 5.15 Å². The topological polar surface area (TPSA) is 72.7 Å². The summed E-state index contributed by atoms with van der Waals surface area (Å²) in [5, 5.41) is 10.4. The van der Waals surface area contributed by atoms with Gasteiger partial charge in [0.2, 0.25) is 0 Å². The van der Waals surface area contributed by atoms with Gasteiger partial charge in [0.1, 0.15) is 0 Å². The molecule has 2 heterocycles. The molecule has 0 saturated heterocycles. The molecule has 0 saturated carbocycles. The SMILES string of the molecule is O=C(NCCCCn1ccnc1)c1ccc(Cl)nn1. The number of nitrogens with zero attached hydrogens (tertiary/aromatic N) is 4. The summed E-state index contributed by atoms with van der Waals surface area (Å²) in [6, 6.07) is 3.10. The second-order valence-electron chi connectivity index (χ2n) is 4.00. The molecule has 0 fully saturated rings. The molecule has 0 aromatic carbocycles. The third-order valence-electron chi connectivity index (χ3n) is 2.55. The third kappa shape index (κ3) is 4.33. The molecule has 0 bridgehead atoms. The lowest BCUT2D eigenvalue weighted by molar-refractivity contribution is 0.0947. The number of aryl methyl sites for hydroxylation is 1. The number of hydrogen-bond acceptors (Lipinski definition) is 4. The number of halogens is 1. The smallest absolute Gasteiger partial charge is 0.271 e. The minimum absolute atomic E-state index is 0.230. The zero-order chi connectivity index (χ0) is 13.5. The molecular formula is C12H14ClN5O. The highest BCUT2D eigenvalue weighted by molar-refractivity contribution is 6.29. The van der Waals surface area contributed by atoms with Crippen LogP contribution in [0.15, 0.2) is 30.9 Å². The van der Waals surface area contributed by atoms with Crippen molar-refractivity contribution in [2.45, 2.75) is 19.4 Å². The largest absolute Gasteiger partial charge is 0.351 e. The maximum absolute atomic E-state index is 11.7. The molecule has 0 aliphatic carbocycles. The number of unbranched alkanes of at least 4 members (excludes halogenated alkanes) is 1. The number of carbonyl (C=O) groups is 1. The van der Waals surface area contributed by atoms with Gasteiger partial charge in [-0.2, -0.15) is 0 Å². The molecule has 7 heteroatoms. The Labute approximate surface area is 115 Å². The first-order valence-electron chi connectivity index (χ1n) is 5.99. The van der Waals surface area contributed by atoms with Crippen molar-refractivity contribution >= 4 is 17.5 Å². The average Bonchev–Trinajstić information content (AvgIpc) is 2.92. The Bertz CT molecular complexity index is 511. The molecule has 2 rings (SSSR count). The number of carbonyl (C=O) groups excluding carboxylic acids is 1. The Balaban J connectivity index is 1.65. The van der Waals surface area contributed by atoms with Gasteiger partial charge in [0, 0.05) is 25.5 Å². The van der Waals surface area contributed by atoms with Gasteiger partial charge in [-0.15, -0.1) is 10.2 Å². The molecule has 0 aliphatic heterocycles. The number of nitrogens with one attached hydrogen (secondary N) is 1. The standard InChI is InChI=1S/C12H14ClN5O/c13-11-4-3-10(16-17-11)12(19)15-5-1-2-7-18-8-6-14-9-18/h3-4,6,8-9H,1-2,5,7H2,(H,15,19). The van der Waals surface area contributed by atoms with E-state index in [0.29, 0.717) is 6.54 Å². The fourth-order valence-corrected chi connectivity index (χ4v) is 1.67. The Morgan fingerprint density at radius 2 is 2.21 bits per heavy atom. The first-order chi connectivity index (χ1) is 9.25. The molecule has 2 aromatic heterocycles. The van der Waals surface area contributed by atoms with Crippen LogP contribution in [-0.2, 0) is 6.54 Å². The van der Waals surface area contributed by atoms with Crippen molar-refractivity contribution in [2.75, 3.05) is 6.54 Å². The minimum Gasteiger partial charge on any atom is -0.351 e. The van der Waals surface area contributed by atoms with Gasteiger partial charge in [-0.05, 0) is 25.0 Å². The van der Waals surface area contributed by atoms with Gasteiger partial charge in [0.15, 0.2) is 10.8 Å². The zero-order valence-electron chi connectivity index (χ0n) is 10.3. The first-order valence-corrected chi connectivity index (χ1v) is 6.36. The van der Waals surface area contributed by atoms with Gasteiger partial charge in [0.05, 0.1) is 6.33 Å². The Morgan fingerprint density at radius 1 is 1.32 bits per heavy atom. The predicted octanol–water partition coefficient (Wildman–Crippen LogP) is 1.54. The number of imidazole rings is 1. The van der Waals surface area contributed by atoms with Crippen LogP contribution in [0.3, 0.4) is 0 Å². The van der Waals surface area contributed by atoms with Crippen LogP contribution in [0.5, 0.6) is 0 Å². The molecule has 0 spiro atoms. The molecule has 0 unspecified atom stereocenters. The van der Waals surface area contributed by atoms with E-state index in [-0.39, 0.29) is 16.8 Å². The molecule has 19 heavy (non-hydrogen) atoms. The van der Waals surface area contributed by atoms with Crippen molar-refractivity contribution in [3.05, 3.63) is 41.7 Å². The molecule has 2 aromatic rings. The van der Waals surface area contributed by atoms with Gasteiger partial charge < -0.3 is 9.88 Å². The van der Waals surface area contributed by atoms with E-state index in [0.717, 1.165) is 19.4 Å². The van der Waals surface area contributed by atoms with Gasteiger partial charge in [0.25, 0.3) is 5.91 Å². The Kier molecular flexibility index (Phi) is 4.85. The van der Waals surface area contributed by atoms with Crippen LogP contribution in [-0.4, -0.2) is 32.2 Å². The summed E-state index contributed by atoms with van der Waals surface area (Å²) in [7, 11) is 0. The van der Waals surface area contributed by atoms with Crippen molar-refractivity contribution < 1.29 is 4.79 Å². The normalized spacial score (nSPS) is 10.4. The lowest BCUT2D eigenvalue weighted by Gasteiger charge is -2.04. The van der Waals surface area contributed by atoms with Gasteiger partial charge >= 0.3 is 0 Å². The second kappa shape index (κ2) is 6.84. The number of amides is 1. The lowest BCUT2D eigenvalue weighted by Crippen LogP contribution is -2.25. The summed E-state index contributed by atoms with van der Waals surface area (Å²) in [6.07, 6.45) is 7.32. The predicted molar refractivity (Wildman–Crippen MR) is 70.8 cm³/mol. The molecule has 1 amide bonds. The van der Waals surface area contributed by atoms with Crippen LogP contribution in [0.25, 0.3) is 0 Å². The lowest BCUT2D eigenvalue weighted by atomic mass is 10.3. The van der Waals surface area contributed by atoms with Gasteiger partial charge in [-0.1, -0.05) is 11.6 Å². The average molecular weight is 280 g/mol. The van der Waals surface area contributed by atoms with E-state index in [1.54, 1.807) is 24.7 Å². The first kappa shape index (κ1) is 13.5. The highest BCUT2D eigenvalue weighted by Gasteiger charge is 2.06. The van der Waals surface area contributed by atoms with Crippen molar-refractivity contribution in [1.29, 1.82) is 0 Å². The van der Waals surface area contributed by atoms with Crippen LogP contribution < -0.4 is 5.32 Å². The van der Waals surface area contributed by atoms with Crippen LogP contribution in [0.1, 0.15) is 23.3 Å². The van der Waals surface area contributed by atoms with E-state index in [1.165, 1.54) is 0 Å². The molecule has 6 nitrogen and oxygen atoms in total. The number of rotatable bonds is 6. The fourth-order valence-electron chi connectivity index (χ4n) is 1.57. The minimum atomic E-state index is -0.230. The fraction of sp³-hybridized carbons (Fsp3) is 0.333. The number of aromatic nitrogens is 4. The molecular weight excluding hydrogens is 266 g/mol. The summed E-state index contributed by atoms with van der Waals surface area (Å²) < 4.78 is 2.01. The van der Waals surface area contributed by atoms with Crippen molar-refractivity contribution in [3.63, 3.8) is 0 Å². The van der Waals surface area contributed by atoms with E-state index >= 15 is 0 Å². The van der Waals surface area contributed by atoms with Crippen molar-refractivity contribution in [1.82, 2.24) is 25.1 Å². The van der Waals surface area contributed by atoms with E-state index < -0.39 is 0 Å². The van der Waals surface area contributed by atoms with Crippen LogP contribution in [0.4, 0.5) is 0 Å². The van der Waals surface area contributed by atoms with E-state index in [9.17, 15) is 4.79 Å². The van der Waals surface area contributed by atoms with Gasteiger partial charge in [-0.3, -0.25) is 4.79 Å². The van der Waals surface area contributed by atoms with Crippen molar-refractivity contribution in [3.8, 4) is 0 Å². The monoisotopic (exact) mass is 279 g/mol. The summed E-state index contributed by atoms with van der Waals surface area (Å²) in [6.45, 7) is 1.51. The highest BCUT2D eigenvalue weighted by Crippen LogP contribution is 2.02. The van der Waals surface area contributed by atoms with Crippen LogP contribution in [0, 0.1) is 0 Å². The summed E-state index contributed by atoms with van der Waals surface area (Å²) >= 11 is 5.60. The second-order valence-corrected chi connectivity index (χ2v) is 4.39. The Morgan fingerprint density at radius 3 is 2.89 bits per heavy atom. The van der Waals surface area contributed by atoms with E-state index in [2.05, 4.69) is 20.5 Å². The molecule has 0 atom stereocenters. The third-order valence-corrected chi connectivity index (χ3v) is 2.75. The highest BCUT2D eigenvalue weighted by atomic mass is 35.5.